The number of carbonyl (C=O) groups is 1. The number of benzene rings is 1. The molecule has 1 aromatic carbocycles. The summed E-state index contributed by atoms with van der Waals surface area (Å²) in [6.45, 7) is 1.99. The van der Waals surface area contributed by atoms with Gasteiger partial charge in [-0.15, -0.1) is 0 Å². The molecule has 4 atom stereocenters. The van der Waals surface area contributed by atoms with Gasteiger partial charge in [-0.3, -0.25) is 4.79 Å². The van der Waals surface area contributed by atoms with E-state index in [-0.39, 0.29) is 24.6 Å². The first-order valence-corrected chi connectivity index (χ1v) is 10.4. The van der Waals surface area contributed by atoms with Crippen molar-refractivity contribution in [2.45, 2.75) is 50.4 Å². The summed E-state index contributed by atoms with van der Waals surface area (Å²) in [5.41, 5.74) is 9.00. The van der Waals surface area contributed by atoms with Crippen LogP contribution in [0.4, 0.5) is 17.6 Å². The maximum absolute atomic E-state index is 13.3. The molecule has 0 saturated carbocycles. The van der Waals surface area contributed by atoms with E-state index in [0.29, 0.717) is 17.0 Å². The molecule has 2 aromatic heterocycles. The van der Waals surface area contributed by atoms with Gasteiger partial charge in [-0.05, 0) is 42.7 Å². The number of carbonyl (C=O) groups excluding carboxylic acids is 1. The second-order valence-corrected chi connectivity index (χ2v) is 8.12. The molecular formula is C22H23F4N5O. The predicted octanol–water partition coefficient (Wildman–Crippen LogP) is 3.67. The van der Waals surface area contributed by atoms with Gasteiger partial charge in [0, 0.05) is 18.3 Å². The largest absolute Gasteiger partial charge is 0.408 e. The summed E-state index contributed by atoms with van der Waals surface area (Å²) in [6.07, 6.45) is -2.27. The number of alkyl halides is 3. The molecular weight excluding hydrogens is 426 g/mol. The molecule has 1 amide bonds. The van der Waals surface area contributed by atoms with Gasteiger partial charge in [0.2, 0.25) is 5.91 Å². The average Bonchev–Trinajstić information content (AvgIpc) is 3.33. The van der Waals surface area contributed by atoms with Crippen LogP contribution in [0.3, 0.4) is 0 Å². The zero-order chi connectivity index (χ0) is 23.0. The van der Waals surface area contributed by atoms with Crippen molar-refractivity contribution < 1.29 is 22.4 Å². The molecule has 3 heterocycles. The molecule has 1 saturated heterocycles. The number of amides is 1. The topological polar surface area (TPSA) is 85.3 Å². The lowest BCUT2D eigenvalue weighted by atomic mass is 9.88. The zero-order valence-electron chi connectivity index (χ0n) is 17.3. The first-order valence-electron chi connectivity index (χ1n) is 10.4. The molecule has 0 bridgehead atoms. The third kappa shape index (κ3) is 4.45. The highest BCUT2D eigenvalue weighted by atomic mass is 19.4. The molecule has 0 unspecified atom stereocenters. The van der Waals surface area contributed by atoms with Crippen molar-refractivity contribution in [3.8, 4) is 0 Å². The molecule has 0 radical (unpaired) electrons. The molecule has 0 spiro atoms. The van der Waals surface area contributed by atoms with Crippen LogP contribution in [0.5, 0.6) is 0 Å². The molecule has 170 valence electrons. The van der Waals surface area contributed by atoms with Crippen molar-refractivity contribution in [2.75, 3.05) is 0 Å². The highest BCUT2D eigenvalue weighted by molar-refractivity contribution is 5.81. The third-order valence-electron chi connectivity index (χ3n) is 5.97. The third-order valence-corrected chi connectivity index (χ3v) is 5.97. The van der Waals surface area contributed by atoms with Crippen LogP contribution < -0.4 is 11.1 Å². The Morgan fingerprint density at radius 3 is 2.56 bits per heavy atom. The van der Waals surface area contributed by atoms with Gasteiger partial charge in [0.25, 0.3) is 0 Å². The van der Waals surface area contributed by atoms with E-state index in [1.807, 2.05) is 12.2 Å². The Kier molecular flexibility index (Phi) is 5.89. The van der Waals surface area contributed by atoms with Gasteiger partial charge in [-0.1, -0.05) is 19.1 Å². The molecule has 1 aliphatic heterocycles. The molecule has 3 N–H and O–H groups in total. The van der Waals surface area contributed by atoms with Gasteiger partial charge < -0.3 is 11.1 Å². The Hall–Kier alpha value is -3.01. The summed E-state index contributed by atoms with van der Waals surface area (Å²) in [5.74, 6) is -1.81. The van der Waals surface area contributed by atoms with Crippen molar-refractivity contribution in [2.24, 2.45) is 11.7 Å². The van der Waals surface area contributed by atoms with Crippen molar-refractivity contribution in [1.29, 1.82) is 0 Å². The van der Waals surface area contributed by atoms with Crippen molar-refractivity contribution in [1.82, 2.24) is 19.9 Å². The van der Waals surface area contributed by atoms with Gasteiger partial charge in [-0.2, -0.15) is 18.3 Å². The van der Waals surface area contributed by atoms with Gasteiger partial charge in [-0.25, -0.2) is 13.9 Å². The molecule has 10 heteroatoms. The molecule has 0 aliphatic carbocycles. The van der Waals surface area contributed by atoms with Crippen molar-refractivity contribution >= 4 is 11.6 Å². The van der Waals surface area contributed by atoms with Gasteiger partial charge in [0.15, 0.2) is 5.65 Å². The smallest absolute Gasteiger partial charge is 0.344 e. The van der Waals surface area contributed by atoms with E-state index < -0.39 is 30.1 Å². The van der Waals surface area contributed by atoms with Crippen LogP contribution in [0.25, 0.3) is 5.65 Å². The van der Waals surface area contributed by atoms with Gasteiger partial charge in [0.1, 0.15) is 11.9 Å². The van der Waals surface area contributed by atoms with Crippen LogP contribution in [0.15, 0.2) is 42.6 Å². The van der Waals surface area contributed by atoms with Gasteiger partial charge >= 0.3 is 6.18 Å². The fourth-order valence-electron chi connectivity index (χ4n) is 4.21. The second-order valence-electron chi connectivity index (χ2n) is 8.12. The summed E-state index contributed by atoms with van der Waals surface area (Å²) in [5, 5.41) is 6.43. The molecule has 32 heavy (non-hydrogen) atoms. The summed E-state index contributed by atoms with van der Waals surface area (Å²) < 4.78 is 53.5. The monoisotopic (exact) mass is 449 g/mol. The van der Waals surface area contributed by atoms with Crippen LogP contribution >= 0.6 is 0 Å². The number of nitrogens with one attached hydrogen (secondary N) is 1. The van der Waals surface area contributed by atoms with E-state index in [2.05, 4.69) is 10.1 Å². The minimum Gasteiger partial charge on any atom is -0.344 e. The lowest BCUT2D eigenvalue weighted by Gasteiger charge is -2.21. The van der Waals surface area contributed by atoms with Gasteiger partial charge in [0.05, 0.1) is 23.6 Å². The quantitative estimate of drug-likeness (QED) is 0.563. The number of hydrogen-bond acceptors (Lipinski definition) is 4. The van der Waals surface area contributed by atoms with Crippen LogP contribution in [0.2, 0.25) is 0 Å². The average molecular weight is 449 g/mol. The highest BCUT2D eigenvalue weighted by Crippen LogP contribution is 2.33. The first-order chi connectivity index (χ1) is 15.2. The van der Waals surface area contributed by atoms with Crippen LogP contribution in [0.1, 0.15) is 48.7 Å². The first kappa shape index (κ1) is 22.2. The van der Waals surface area contributed by atoms with E-state index in [1.54, 1.807) is 30.5 Å². The minimum atomic E-state index is -4.46. The lowest BCUT2D eigenvalue weighted by molar-refractivity contribution is -0.154. The molecule has 6 nitrogen and oxygen atoms in total. The normalized spacial score (nSPS) is 21.0. The standard InChI is InChI=1S/C22H23F4N5O/c1-2-16(12-3-5-14(23)6-4-12)20(27)17-11-31-19(28-17)8-7-15(30-31)9-13-10-18(22(24,25)26)29-21(13)32/h3-8,11,13,16,18,20H,2,9-10,27H2,1H3,(H,29,32)/t13-,16-,18-,20-/m0/s1. The van der Waals surface area contributed by atoms with E-state index in [4.69, 9.17) is 5.73 Å². The number of aromatic nitrogens is 3. The number of rotatable bonds is 6. The Bertz CT molecular complexity index is 1110. The maximum Gasteiger partial charge on any atom is 0.408 e. The number of nitrogens with zero attached hydrogens (tertiary/aromatic N) is 3. The highest BCUT2D eigenvalue weighted by Gasteiger charge is 2.47. The van der Waals surface area contributed by atoms with Crippen molar-refractivity contribution in [3.63, 3.8) is 0 Å². The predicted molar refractivity (Wildman–Crippen MR) is 109 cm³/mol. The fraction of sp³-hybridized carbons (Fsp3) is 0.409. The number of halogens is 4. The molecule has 4 rings (SSSR count). The van der Waals surface area contributed by atoms with Crippen LogP contribution in [-0.2, 0) is 11.2 Å². The summed E-state index contributed by atoms with van der Waals surface area (Å²) in [7, 11) is 0. The Labute approximate surface area is 181 Å². The summed E-state index contributed by atoms with van der Waals surface area (Å²) >= 11 is 0. The molecule has 1 fully saturated rings. The molecule has 3 aromatic rings. The van der Waals surface area contributed by atoms with Crippen LogP contribution in [-0.4, -0.2) is 32.7 Å². The number of hydrogen-bond donors (Lipinski definition) is 2. The SMILES string of the molecule is CC[C@@H](c1ccc(F)cc1)[C@H](N)c1cn2nc(C[C@H]3C[C@@H](C(F)(F)F)NC3=O)ccc2n1. The Morgan fingerprint density at radius 1 is 1.22 bits per heavy atom. The Balaban J connectivity index is 1.53. The Morgan fingerprint density at radius 2 is 1.94 bits per heavy atom. The number of nitrogens with two attached hydrogens (primary N) is 1. The summed E-state index contributed by atoms with van der Waals surface area (Å²) in [4.78, 5) is 16.5. The minimum absolute atomic E-state index is 0.0820. The van der Waals surface area contributed by atoms with E-state index in [0.717, 1.165) is 12.0 Å². The van der Waals surface area contributed by atoms with E-state index in [1.165, 1.54) is 16.6 Å². The number of imidazole rings is 1. The zero-order valence-corrected chi connectivity index (χ0v) is 17.3. The fourth-order valence-corrected chi connectivity index (χ4v) is 4.21. The van der Waals surface area contributed by atoms with E-state index >= 15 is 0 Å². The summed E-state index contributed by atoms with van der Waals surface area (Å²) in [6, 6.07) is 7.28. The second kappa shape index (κ2) is 8.50. The maximum atomic E-state index is 13.3. The molecule has 1 aliphatic rings. The number of fused-ring (bicyclic) bond motifs is 1. The lowest BCUT2D eigenvalue weighted by Crippen LogP contribution is -2.38. The van der Waals surface area contributed by atoms with Crippen molar-refractivity contribution in [3.05, 3.63) is 65.4 Å². The van der Waals surface area contributed by atoms with E-state index in [9.17, 15) is 22.4 Å². The van der Waals surface area contributed by atoms with Crippen LogP contribution in [0, 0.1) is 11.7 Å².